The predicted molar refractivity (Wildman–Crippen MR) is 38.8 cm³/mol. The molecule has 0 aliphatic carbocycles. The van der Waals surface area contributed by atoms with Gasteiger partial charge in [0.25, 0.3) is 6.47 Å². The number of carbonyl (C=O) groups excluding carboxylic acids is 1. The van der Waals surface area contributed by atoms with Gasteiger partial charge in [-0.2, -0.15) is 6.41 Å². The van der Waals surface area contributed by atoms with Crippen molar-refractivity contribution in [1.82, 2.24) is 10.6 Å². The zero-order chi connectivity index (χ0) is 8.53. The van der Waals surface area contributed by atoms with E-state index in [9.17, 15) is 4.79 Å². The molecule has 1 rings (SSSR count). The maximum absolute atomic E-state index is 9.70. The molecular weight excluding hydrogens is 405 g/mol. The Morgan fingerprint density at radius 3 is 2.58 bits per heavy atom. The molecule has 0 saturated carbocycles. The average molecular weight is 416 g/mol. The largest absolute Gasteiger partial charge is 0.526 e. The summed E-state index contributed by atoms with van der Waals surface area (Å²) in [6, 6.07) is 0.326. The molecule has 0 spiro atoms. The maximum atomic E-state index is 9.70. The zero-order valence-electron chi connectivity index (χ0n) is 6.33. The third-order valence-electron chi connectivity index (χ3n) is 1.32. The fourth-order valence-electron chi connectivity index (χ4n) is 0.861. The van der Waals surface area contributed by atoms with Crippen LogP contribution in [-0.2, 0) is 9.59 Å². The minimum absolute atomic E-state index is 0. The van der Waals surface area contributed by atoms with Crippen LogP contribution < -0.4 is 10.6 Å². The van der Waals surface area contributed by atoms with Crippen molar-refractivity contribution in [3.8, 4) is 0 Å². The van der Waals surface area contributed by atoms with Crippen LogP contribution in [-0.4, -0.2) is 37.1 Å². The van der Waals surface area contributed by atoms with Crippen molar-refractivity contribution in [2.24, 2.45) is 0 Å². The molecule has 0 aromatic rings. The Morgan fingerprint density at radius 1 is 1.67 bits per heavy atom. The van der Waals surface area contributed by atoms with Crippen LogP contribution in [0.25, 0.3) is 0 Å². The Hall–Kier alpha value is -2.10. The summed E-state index contributed by atoms with van der Waals surface area (Å²) in [7, 11) is 0. The number of hydrogen-bond acceptors (Lipinski definition) is 3. The molecule has 0 aromatic carbocycles. The number of carbonyl (C=O) groups is 1. The van der Waals surface area contributed by atoms with Gasteiger partial charge >= 0.3 is 0 Å². The van der Waals surface area contributed by atoms with E-state index in [1.54, 1.807) is 6.41 Å². The van der Waals surface area contributed by atoms with Crippen molar-refractivity contribution in [3.05, 3.63) is 0 Å². The molecule has 1 fully saturated rings. The summed E-state index contributed by atoms with van der Waals surface area (Å²) in [5.74, 6) is 0. The van der Waals surface area contributed by atoms with E-state index < -0.39 is 0 Å². The van der Waals surface area contributed by atoms with Crippen molar-refractivity contribution in [2.75, 3.05) is 13.1 Å². The van der Waals surface area contributed by atoms with Gasteiger partial charge in [0, 0.05) is 12.6 Å². The molecule has 3 N–H and O–H groups in total. The zero-order valence-corrected chi connectivity index (χ0v) is 8.73. The second-order valence-corrected chi connectivity index (χ2v) is 2.04. The normalized spacial score (nSPS) is 19.5. The van der Waals surface area contributed by atoms with Crippen molar-refractivity contribution in [2.45, 2.75) is 12.5 Å². The predicted octanol–water partition coefficient (Wildman–Crippen LogP) is -1.29. The van der Waals surface area contributed by atoms with Crippen LogP contribution in [0.2, 0.25) is 0 Å². The Balaban J connectivity index is 0. The van der Waals surface area contributed by atoms with E-state index >= 15 is 0 Å². The van der Waals surface area contributed by atoms with Crippen molar-refractivity contribution < 1.29 is 14.7 Å². The fraction of sp³-hybridized carbons (Fsp3) is 0.667. The molecule has 1 saturated heterocycles. The molecule has 12 heavy (non-hydrogen) atoms. The van der Waals surface area contributed by atoms with E-state index in [0.29, 0.717) is 6.04 Å². The molecule has 1 atom stereocenters. The second kappa shape index (κ2) is 8.90. The van der Waals surface area contributed by atoms with E-state index in [4.69, 9.17) is 9.90 Å². The minimum Gasteiger partial charge on any atom is -0.526 e. The molecule has 0 bridgehead atoms. The van der Waals surface area contributed by atoms with Gasteiger partial charge in [0.1, 0.15) is 0 Å². The topological polar surface area (TPSA) is 78.4 Å². The van der Waals surface area contributed by atoms with Gasteiger partial charge in [-0.05, 0) is 13.0 Å². The first-order chi connectivity index (χ1) is 5.35. The first-order valence-corrected chi connectivity index (χ1v) is 3.26. The van der Waals surface area contributed by atoms with Gasteiger partial charge in [-0.3, -0.25) is 4.79 Å². The van der Waals surface area contributed by atoms with Crippen molar-refractivity contribution in [1.29, 1.82) is 0 Å². The summed E-state index contributed by atoms with van der Waals surface area (Å²) in [5, 5.41) is 12.6. The van der Waals surface area contributed by atoms with Crippen molar-refractivity contribution in [3.63, 3.8) is 0 Å². The SMILES string of the molecule is O=CO.O=[C-]NC1CCNC1.[Fm]. The summed E-state index contributed by atoms with van der Waals surface area (Å²) in [6.45, 7) is 1.66. The Labute approximate surface area is 64.8 Å². The molecule has 1 heterocycles. The van der Waals surface area contributed by atoms with E-state index in [1.165, 1.54) is 0 Å². The smallest absolute Gasteiger partial charge is 0.290 e. The standard InChI is InChI=1S/C5H9N2O.CH2O2.Fm/c8-4-7-5-1-2-6-3-5;2-1-3;/h5-6H,1-3H2,(H,7,8);1H,(H,2,3);/q-1;;. The van der Waals surface area contributed by atoms with Crippen LogP contribution in [0.5, 0.6) is 0 Å². The molecular formula is C6H11FmN2O3-. The molecule has 1 amide bonds. The molecule has 6 heteroatoms. The molecule has 0 radical (unpaired) electrons. The number of rotatable bonds is 2. The summed E-state index contributed by atoms with van der Waals surface area (Å²) in [6.07, 6.45) is 2.71. The maximum Gasteiger partial charge on any atom is 0.290 e. The molecule has 1 unspecified atom stereocenters. The van der Waals surface area contributed by atoms with Gasteiger partial charge in [0.05, 0.1) is 0 Å². The van der Waals surface area contributed by atoms with Crippen LogP contribution in [0.1, 0.15) is 6.42 Å². The van der Waals surface area contributed by atoms with Crippen LogP contribution in [0.15, 0.2) is 0 Å². The minimum atomic E-state index is -0.250. The fourth-order valence-corrected chi connectivity index (χ4v) is 0.861. The van der Waals surface area contributed by atoms with E-state index in [0.717, 1.165) is 19.5 Å². The number of amides is 1. The van der Waals surface area contributed by atoms with Crippen LogP contribution >= 0.6 is 0 Å². The monoisotopic (exact) mass is 416 g/mol. The van der Waals surface area contributed by atoms with Gasteiger partial charge in [-0.25, -0.2) is 0 Å². The Bertz CT molecular complexity index is 117. The van der Waals surface area contributed by atoms with Gasteiger partial charge < -0.3 is 20.5 Å². The molecule has 1 aliphatic heterocycles. The van der Waals surface area contributed by atoms with Gasteiger partial charge in [0.2, 0.25) is 0 Å². The van der Waals surface area contributed by atoms with Crippen LogP contribution in [0.4, 0.5) is 0 Å². The van der Waals surface area contributed by atoms with Crippen LogP contribution in [0.3, 0.4) is 0 Å². The Kier molecular flexibility index (Phi) is 9.32. The third kappa shape index (κ3) is 6.03. The second-order valence-electron chi connectivity index (χ2n) is 2.04. The number of hydrogen-bond donors (Lipinski definition) is 3. The first kappa shape index (κ1) is 12.6. The first-order valence-electron chi connectivity index (χ1n) is 3.26. The van der Waals surface area contributed by atoms with E-state index in [2.05, 4.69) is 10.6 Å². The summed E-state index contributed by atoms with van der Waals surface area (Å²) in [4.78, 5) is 18.1. The quantitative estimate of drug-likeness (QED) is 0.298. The molecule has 5 nitrogen and oxygen atoms in total. The Morgan fingerprint density at radius 2 is 2.25 bits per heavy atom. The number of carboxylic acid groups (broad SMARTS) is 1. The summed E-state index contributed by atoms with van der Waals surface area (Å²) >= 11 is 0. The number of nitrogens with one attached hydrogen (secondary N) is 2. The van der Waals surface area contributed by atoms with Gasteiger partial charge in [0.15, 0.2) is 0 Å². The summed E-state index contributed by atoms with van der Waals surface area (Å²) in [5.41, 5.74) is 0. The third-order valence-corrected chi connectivity index (χ3v) is 1.32. The van der Waals surface area contributed by atoms with E-state index in [1.807, 2.05) is 0 Å². The van der Waals surface area contributed by atoms with Crippen LogP contribution in [0, 0.1) is 0 Å². The average Bonchev–Trinajstić information content (AvgIpc) is 2.42. The van der Waals surface area contributed by atoms with Crippen molar-refractivity contribution >= 4 is 12.9 Å². The molecule has 1 aliphatic rings. The molecule has 0 aromatic heterocycles. The van der Waals surface area contributed by atoms with Gasteiger partial charge in [-0.15, -0.1) is 0 Å². The van der Waals surface area contributed by atoms with E-state index in [-0.39, 0.29) is 6.47 Å². The summed E-state index contributed by atoms with van der Waals surface area (Å²) < 4.78 is 0. The molecule has 76 valence electrons. The van der Waals surface area contributed by atoms with Gasteiger partial charge in [-0.1, -0.05) is 0 Å².